The summed E-state index contributed by atoms with van der Waals surface area (Å²) in [4.78, 5) is 15.4. The number of carbonyl (C=O) groups excluding carboxylic acids is 1. The van der Waals surface area contributed by atoms with Crippen LogP contribution in [0, 0.1) is 5.82 Å². The third kappa shape index (κ3) is 2.36. The lowest BCUT2D eigenvalue weighted by Gasteiger charge is -2.16. The Balaban J connectivity index is 2.03. The predicted molar refractivity (Wildman–Crippen MR) is 57.3 cm³/mol. The van der Waals surface area contributed by atoms with Crippen LogP contribution in [0.2, 0.25) is 0 Å². The van der Waals surface area contributed by atoms with Crippen LogP contribution >= 0.6 is 0 Å². The molecule has 4 nitrogen and oxygen atoms in total. The van der Waals surface area contributed by atoms with Gasteiger partial charge in [0.2, 0.25) is 0 Å². The maximum atomic E-state index is 12.9. The van der Waals surface area contributed by atoms with Gasteiger partial charge in [0.05, 0.1) is 11.8 Å². The van der Waals surface area contributed by atoms with Gasteiger partial charge >= 0.3 is 0 Å². The summed E-state index contributed by atoms with van der Waals surface area (Å²) in [5.41, 5.74) is 6.07. The minimum Gasteiger partial charge on any atom is -0.348 e. The van der Waals surface area contributed by atoms with E-state index in [-0.39, 0.29) is 23.6 Å². The first-order valence-electron chi connectivity index (χ1n) is 5.34. The molecule has 1 aliphatic carbocycles. The molecule has 0 aromatic carbocycles. The summed E-state index contributed by atoms with van der Waals surface area (Å²) in [7, 11) is 0. The van der Waals surface area contributed by atoms with Crippen LogP contribution in [-0.2, 0) is 0 Å². The van der Waals surface area contributed by atoms with Crippen molar-refractivity contribution in [2.24, 2.45) is 5.73 Å². The summed E-state index contributed by atoms with van der Waals surface area (Å²) in [5, 5.41) is 2.80. The third-order valence-corrected chi connectivity index (χ3v) is 2.85. The zero-order valence-electron chi connectivity index (χ0n) is 8.82. The largest absolute Gasteiger partial charge is 0.348 e. The summed E-state index contributed by atoms with van der Waals surface area (Å²) < 4.78 is 12.9. The average molecular weight is 223 g/mol. The van der Waals surface area contributed by atoms with E-state index in [0.717, 1.165) is 25.5 Å². The van der Waals surface area contributed by atoms with E-state index in [1.54, 1.807) is 0 Å². The number of aromatic nitrogens is 1. The van der Waals surface area contributed by atoms with Crippen molar-refractivity contribution >= 4 is 5.91 Å². The second-order valence-electron chi connectivity index (χ2n) is 4.07. The van der Waals surface area contributed by atoms with Gasteiger partial charge in [0, 0.05) is 18.3 Å². The van der Waals surface area contributed by atoms with Gasteiger partial charge in [-0.2, -0.15) is 0 Å². The van der Waals surface area contributed by atoms with Crippen molar-refractivity contribution in [2.75, 3.05) is 0 Å². The Morgan fingerprint density at radius 1 is 1.50 bits per heavy atom. The highest BCUT2D eigenvalue weighted by Crippen LogP contribution is 2.17. The van der Waals surface area contributed by atoms with Gasteiger partial charge in [-0.3, -0.25) is 9.78 Å². The SMILES string of the molecule is NC1CCCC1NC(=O)c1cncc(F)c1. The first-order valence-corrected chi connectivity index (χ1v) is 5.34. The molecule has 1 fully saturated rings. The topological polar surface area (TPSA) is 68.0 Å². The van der Waals surface area contributed by atoms with Gasteiger partial charge < -0.3 is 11.1 Å². The Morgan fingerprint density at radius 2 is 2.31 bits per heavy atom. The van der Waals surface area contributed by atoms with Crippen molar-refractivity contribution in [2.45, 2.75) is 31.3 Å². The second-order valence-corrected chi connectivity index (χ2v) is 4.07. The molecular formula is C11H14FN3O. The number of nitrogens with one attached hydrogen (secondary N) is 1. The number of hydrogen-bond donors (Lipinski definition) is 2. The number of nitrogens with two attached hydrogens (primary N) is 1. The maximum Gasteiger partial charge on any atom is 0.253 e. The molecule has 3 N–H and O–H groups in total. The highest BCUT2D eigenvalue weighted by atomic mass is 19.1. The lowest BCUT2D eigenvalue weighted by molar-refractivity contribution is 0.0933. The number of rotatable bonds is 2. The molecule has 0 saturated heterocycles. The van der Waals surface area contributed by atoms with Crippen LogP contribution < -0.4 is 11.1 Å². The summed E-state index contributed by atoms with van der Waals surface area (Å²) >= 11 is 0. The van der Waals surface area contributed by atoms with Gasteiger partial charge in [0.1, 0.15) is 5.82 Å². The maximum absolute atomic E-state index is 12.9. The van der Waals surface area contributed by atoms with E-state index in [4.69, 9.17) is 5.73 Å². The van der Waals surface area contributed by atoms with Gasteiger partial charge in [-0.25, -0.2) is 4.39 Å². The van der Waals surface area contributed by atoms with E-state index in [0.29, 0.717) is 0 Å². The van der Waals surface area contributed by atoms with Gasteiger partial charge in [-0.05, 0) is 25.3 Å². The third-order valence-electron chi connectivity index (χ3n) is 2.85. The fourth-order valence-corrected chi connectivity index (χ4v) is 1.96. The number of hydrogen-bond acceptors (Lipinski definition) is 3. The van der Waals surface area contributed by atoms with Crippen molar-refractivity contribution < 1.29 is 9.18 Å². The number of halogens is 1. The predicted octanol–water partition coefficient (Wildman–Crippen LogP) is 0.830. The molecule has 0 aliphatic heterocycles. The molecule has 1 aromatic heterocycles. The average Bonchev–Trinajstić information content (AvgIpc) is 2.64. The first-order chi connectivity index (χ1) is 7.66. The van der Waals surface area contributed by atoms with Gasteiger partial charge in [-0.1, -0.05) is 0 Å². The zero-order chi connectivity index (χ0) is 11.5. The van der Waals surface area contributed by atoms with Crippen LogP contribution in [-0.4, -0.2) is 23.0 Å². The molecule has 5 heteroatoms. The summed E-state index contributed by atoms with van der Waals surface area (Å²) in [6.07, 6.45) is 5.24. The smallest absolute Gasteiger partial charge is 0.253 e. The molecule has 1 aromatic rings. The molecule has 1 amide bonds. The van der Waals surface area contributed by atoms with Crippen LogP contribution in [0.15, 0.2) is 18.5 Å². The molecule has 2 unspecified atom stereocenters. The quantitative estimate of drug-likeness (QED) is 0.780. The highest BCUT2D eigenvalue weighted by molar-refractivity contribution is 5.94. The lowest BCUT2D eigenvalue weighted by atomic mass is 10.1. The van der Waals surface area contributed by atoms with E-state index in [1.165, 1.54) is 12.3 Å². The molecule has 1 heterocycles. The van der Waals surface area contributed by atoms with Crippen LogP contribution in [0.1, 0.15) is 29.6 Å². The Morgan fingerprint density at radius 3 is 2.94 bits per heavy atom. The van der Waals surface area contributed by atoms with Gasteiger partial charge in [-0.15, -0.1) is 0 Å². The zero-order valence-corrected chi connectivity index (χ0v) is 8.82. The molecule has 86 valence electrons. The molecule has 0 bridgehead atoms. The van der Waals surface area contributed by atoms with E-state index >= 15 is 0 Å². The number of nitrogens with zero attached hydrogens (tertiary/aromatic N) is 1. The summed E-state index contributed by atoms with van der Waals surface area (Å²) in [6, 6.07) is 1.17. The Bertz CT molecular complexity index is 397. The van der Waals surface area contributed by atoms with E-state index in [2.05, 4.69) is 10.3 Å². The summed E-state index contributed by atoms with van der Waals surface area (Å²) in [6.45, 7) is 0. The second kappa shape index (κ2) is 4.57. The molecule has 1 saturated carbocycles. The number of amides is 1. The van der Waals surface area contributed by atoms with Crippen LogP contribution in [0.4, 0.5) is 4.39 Å². The summed E-state index contributed by atoms with van der Waals surface area (Å²) in [5.74, 6) is -0.822. The van der Waals surface area contributed by atoms with Gasteiger partial charge in [0.15, 0.2) is 0 Å². The molecule has 0 spiro atoms. The monoisotopic (exact) mass is 223 g/mol. The molecule has 0 radical (unpaired) electrons. The van der Waals surface area contributed by atoms with Crippen LogP contribution in [0.25, 0.3) is 0 Å². The van der Waals surface area contributed by atoms with Gasteiger partial charge in [0.25, 0.3) is 5.91 Å². The Labute approximate surface area is 93.1 Å². The fourth-order valence-electron chi connectivity index (χ4n) is 1.96. The Kier molecular flexibility index (Phi) is 3.14. The molecule has 2 rings (SSSR count). The minimum atomic E-state index is -0.511. The van der Waals surface area contributed by atoms with Crippen molar-refractivity contribution in [3.63, 3.8) is 0 Å². The van der Waals surface area contributed by atoms with Crippen LogP contribution in [0.3, 0.4) is 0 Å². The molecule has 16 heavy (non-hydrogen) atoms. The molecular weight excluding hydrogens is 209 g/mol. The highest BCUT2D eigenvalue weighted by Gasteiger charge is 2.25. The normalized spacial score (nSPS) is 24.4. The van der Waals surface area contributed by atoms with Crippen molar-refractivity contribution in [3.8, 4) is 0 Å². The van der Waals surface area contributed by atoms with Crippen molar-refractivity contribution in [3.05, 3.63) is 29.8 Å². The van der Waals surface area contributed by atoms with Crippen molar-refractivity contribution in [1.29, 1.82) is 0 Å². The molecule has 2 atom stereocenters. The first kappa shape index (κ1) is 11.0. The fraction of sp³-hybridized carbons (Fsp3) is 0.455. The van der Waals surface area contributed by atoms with E-state index < -0.39 is 5.82 Å². The van der Waals surface area contributed by atoms with E-state index in [9.17, 15) is 9.18 Å². The minimum absolute atomic E-state index is 0.00392. The van der Waals surface area contributed by atoms with Crippen LogP contribution in [0.5, 0.6) is 0 Å². The van der Waals surface area contributed by atoms with Crippen molar-refractivity contribution in [1.82, 2.24) is 10.3 Å². The Hall–Kier alpha value is -1.49. The molecule has 1 aliphatic rings. The lowest BCUT2D eigenvalue weighted by Crippen LogP contribution is -2.44. The number of carbonyl (C=O) groups is 1. The standard InChI is InChI=1S/C11H14FN3O/c12-8-4-7(5-14-6-8)11(16)15-10-3-1-2-9(10)13/h4-6,9-10H,1-3,13H2,(H,15,16). The van der Waals surface area contributed by atoms with E-state index in [1.807, 2.05) is 0 Å². The number of pyridine rings is 1.